The van der Waals surface area contributed by atoms with Gasteiger partial charge in [0.15, 0.2) is 0 Å². The summed E-state index contributed by atoms with van der Waals surface area (Å²) in [4.78, 5) is 29.5. The van der Waals surface area contributed by atoms with Crippen LogP contribution >= 0.6 is 0 Å². The Morgan fingerprint density at radius 2 is 1.28 bits per heavy atom. The maximum Gasteiger partial charge on any atom is 0.264 e. The predicted molar refractivity (Wildman–Crippen MR) is 166 cm³/mol. The van der Waals surface area contributed by atoms with Crippen molar-refractivity contribution >= 4 is 27.5 Å². The highest BCUT2D eigenvalue weighted by Gasteiger charge is 2.36. The van der Waals surface area contributed by atoms with E-state index in [-0.39, 0.29) is 29.5 Å². The van der Waals surface area contributed by atoms with Crippen LogP contribution in [0.5, 0.6) is 0 Å². The number of halogens is 1. The standard InChI is InChI=1S/C34H36FN3O4S/c1-34(2,3)36-33(40)31(23-26-15-7-4-8-16-26)37(24-27-17-9-5-10-18-27)32(39)25-38(30-22-14-13-21-29(30)35)43(41,42)28-19-11-6-12-20-28/h4-22,31H,23-25H2,1-3H3,(H,36,40). The van der Waals surface area contributed by atoms with Gasteiger partial charge in [0, 0.05) is 18.5 Å². The largest absolute Gasteiger partial charge is 0.350 e. The molecular weight excluding hydrogens is 565 g/mol. The number of anilines is 1. The van der Waals surface area contributed by atoms with Crippen molar-refractivity contribution in [1.29, 1.82) is 0 Å². The average Bonchev–Trinajstić information content (AvgIpc) is 2.98. The molecule has 1 unspecified atom stereocenters. The molecule has 0 radical (unpaired) electrons. The molecule has 4 aromatic carbocycles. The number of nitrogens with zero attached hydrogens (tertiary/aromatic N) is 2. The van der Waals surface area contributed by atoms with Crippen molar-refractivity contribution in [2.75, 3.05) is 10.8 Å². The molecule has 0 saturated heterocycles. The predicted octanol–water partition coefficient (Wildman–Crippen LogP) is 5.58. The number of nitrogens with one attached hydrogen (secondary N) is 1. The molecule has 4 rings (SSSR count). The Balaban J connectivity index is 1.81. The summed E-state index contributed by atoms with van der Waals surface area (Å²) in [5, 5.41) is 2.99. The van der Waals surface area contributed by atoms with E-state index < -0.39 is 39.9 Å². The van der Waals surface area contributed by atoms with Crippen LogP contribution in [0.3, 0.4) is 0 Å². The zero-order valence-electron chi connectivity index (χ0n) is 24.5. The minimum Gasteiger partial charge on any atom is -0.350 e. The summed E-state index contributed by atoms with van der Waals surface area (Å²) in [6.07, 6.45) is 0.187. The zero-order chi connectivity index (χ0) is 31.0. The van der Waals surface area contributed by atoms with Gasteiger partial charge in [-0.15, -0.1) is 0 Å². The minimum atomic E-state index is -4.37. The molecule has 0 aliphatic rings. The Morgan fingerprint density at radius 1 is 0.767 bits per heavy atom. The van der Waals surface area contributed by atoms with Gasteiger partial charge in [-0.3, -0.25) is 13.9 Å². The maximum atomic E-state index is 15.1. The number of carbonyl (C=O) groups excluding carboxylic acids is 2. The smallest absolute Gasteiger partial charge is 0.264 e. The average molecular weight is 602 g/mol. The molecule has 0 saturated carbocycles. The van der Waals surface area contributed by atoms with Crippen LogP contribution in [0.2, 0.25) is 0 Å². The molecule has 0 heterocycles. The van der Waals surface area contributed by atoms with E-state index >= 15 is 4.39 Å². The zero-order valence-corrected chi connectivity index (χ0v) is 25.3. The van der Waals surface area contributed by atoms with E-state index in [1.165, 1.54) is 35.2 Å². The molecule has 224 valence electrons. The van der Waals surface area contributed by atoms with Gasteiger partial charge in [-0.05, 0) is 56.2 Å². The van der Waals surface area contributed by atoms with E-state index in [9.17, 15) is 18.0 Å². The number of carbonyl (C=O) groups is 2. The van der Waals surface area contributed by atoms with Gasteiger partial charge in [-0.25, -0.2) is 12.8 Å². The first-order valence-electron chi connectivity index (χ1n) is 14.0. The first-order valence-corrected chi connectivity index (χ1v) is 15.4. The minimum absolute atomic E-state index is 0.0330. The van der Waals surface area contributed by atoms with E-state index in [1.807, 2.05) is 81.4 Å². The van der Waals surface area contributed by atoms with E-state index in [0.717, 1.165) is 21.5 Å². The van der Waals surface area contributed by atoms with E-state index in [1.54, 1.807) is 18.2 Å². The second kappa shape index (κ2) is 13.6. The lowest BCUT2D eigenvalue weighted by molar-refractivity contribution is -0.140. The highest BCUT2D eigenvalue weighted by Crippen LogP contribution is 2.27. The summed E-state index contributed by atoms with van der Waals surface area (Å²) in [5.41, 5.74) is 0.716. The summed E-state index contributed by atoms with van der Waals surface area (Å²) in [5.74, 6) is -1.84. The van der Waals surface area contributed by atoms with Gasteiger partial charge in [0.05, 0.1) is 10.6 Å². The van der Waals surface area contributed by atoms with E-state index in [2.05, 4.69) is 5.32 Å². The van der Waals surface area contributed by atoms with Gasteiger partial charge in [0.25, 0.3) is 10.0 Å². The quantitative estimate of drug-likeness (QED) is 0.243. The highest BCUT2D eigenvalue weighted by atomic mass is 32.2. The highest BCUT2D eigenvalue weighted by molar-refractivity contribution is 7.92. The Bertz CT molecular complexity index is 1630. The molecule has 2 amide bonds. The molecule has 0 aliphatic carbocycles. The van der Waals surface area contributed by atoms with Gasteiger partial charge in [-0.1, -0.05) is 91.0 Å². The summed E-state index contributed by atoms with van der Waals surface area (Å²) >= 11 is 0. The third kappa shape index (κ3) is 8.29. The van der Waals surface area contributed by atoms with E-state index in [4.69, 9.17) is 0 Å². The number of hydrogen-bond acceptors (Lipinski definition) is 4. The summed E-state index contributed by atoms with van der Waals surface area (Å²) in [6.45, 7) is 4.85. The molecule has 9 heteroatoms. The van der Waals surface area contributed by atoms with Crippen molar-refractivity contribution < 1.29 is 22.4 Å². The molecule has 1 atom stereocenters. The molecule has 7 nitrogen and oxygen atoms in total. The van der Waals surface area contributed by atoms with Crippen LogP contribution in [-0.4, -0.2) is 43.3 Å². The fourth-order valence-corrected chi connectivity index (χ4v) is 6.12. The third-order valence-corrected chi connectivity index (χ3v) is 8.47. The second-order valence-corrected chi connectivity index (χ2v) is 13.1. The van der Waals surface area contributed by atoms with Crippen molar-refractivity contribution in [2.24, 2.45) is 0 Å². The van der Waals surface area contributed by atoms with Crippen LogP contribution in [0.15, 0.2) is 120 Å². The van der Waals surface area contributed by atoms with Crippen molar-refractivity contribution in [1.82, 2.24) is 10.2 Å². The normalized spacial score (nSPS) is 12.3. The lowest BCUT2D eigenvalue weighted by Crippen LogP contribution is -2.56. The Labute approximate surface area is 253 Å². The fraction of sp³-hybridized carbons (Fsp3) is 0.235. The summed E-state index contributed by atoms with van der Waals surface area (Å²) in [7, 11) is -4.37. The fourth-order valence-electron chi connectivity index (χ4n) is 4.67. The Morgan fingerprint density at radius 3 is 1.84 bits per heavy atom. The molecule has 43 heavy (non-hydrogen) atoms. The molecule has 0 fully saturated rings. The number of hydrogen-bond donors (Lipinski definition) is 1. The molecule has 0 aliphatic heterocycles. The lowest BCUT2D eigenvalue weighted by atomic mass is 10.0. The third-order valence-electron chi connectivity index (χ3n) is 6.70. The molecule has 1 N–H and O–H groups in total. The van der Waals surface area contributed by atoms with Crippen LogP contribution in [0.25, 0.3) is 0 Å². The van der Waals surface area contributed by atoms with Crippen LogP contribution in [-0.2, 0) is 32.6 Å². The lowest BCUT2D eigenvalue weighted by Gasteiger charge is -2.35. The van der Waals surface area contributed by atoms with Crippen LogP contribution in [0.1, 0.15) is 31.9 Å². The van der Waals surface area contributed by atoms with Gasteiger partial charge < -0.3 is 10.2 Å². The first-order chi connectivity index (χ1) is 20.5. The Hall–Kier alpha value is -4.50. The van der Waals surface area contributed by atoms with Gasteiger partial charge >= 0.3 is 0 Å². The van der Waals surface area contributed by atoms with Gasteiger partial charge in [0.2, 0.25) is 11.8 Å². The van der Waals surface area contributed by atoms with Crippen LogP contribution in [0, 0.1) is 5.82 Å². The maximum absolute atomic E-state index is 15.1. The molecule has 0 spiro atoms. The second-order valence-electron chi connectivity index (χ2n) is 11.2. The number of sulfonamides is 1. The SMILES string of the molecule is CC(C)(C)NC(=O)C(Cc1ccccc1)N(Cc1ccccc1)C(=O)CN(c1ccccc1F)S(=O)(=O)c1ccccc1. The topological polar surface area (TPSA) is 86.8 Å². The van der Waals surface area contributed by atoms with Gasteiger partial charge in [-0.2, -0.15) is 0 Å². The van der Waals surface area contributed by atoms with Crippen molar-refractivity contribution in [3.05, 3.63) is 132 Å². The van der Waals surface area contributed by atoms with Crippen LogP contribution < -0.4 is 9.62 Å². The monoisotopic (exact) mass is 601 g/mol. The van der Waals surface area contributed by atoms with E-state index in [0.29, 0.717) is 0 Å². The van der Waals surface area contributed by atoms with Crippen molar-refractivity contribution in [3.8, 4) is 0 Å². The molecule has 0 aromatic heterocycles. The number of para-hydroxylation sites is 1. The number of rotatable bonds is 11. The van der Waals surface area contributed by atoms with Gasteiger partial charge in [0.1, 0.15) is 18.4 Å². The number of benzene rings is 4. The molecule has 4 aromatic rings. The number of amides is 2. The van der Waals surface area contributed by atoms with Crippen molar-refractivity contribution in [2.45, 2.75) is 50.2 Å². The van der Waals surface area contributed by atoms with Crippen molar-refractivity contribution in [3.63, 3.8) is 0 Å². The molecule has 0 bridgehead atoms. The summed E-state index contributed by atoms with van der Waals surface area (Å²) in [6, 6.07) is 30.5. The van der Waals surface area contributed by atoms with Crippen LogP contribution in [0.4, 0.5) is 10.1 Å². The summed E-state index contributed by atoms with van der Waals surface area (Å²) < 4.78 is 43.7. The molecular formula is C34H36FN3O4S. The first kappa shape index (κ1) is 31.4. The Kier molecular flexibility index (Phi) is 9.98.